The first-order valence-corrected chi connectivity index (χ1v) is 6.72. The van der Waals surface area contributed by atoms with Gasteiger partial charge in [-0.1, -0.05) is 40.9 Å². The fourth-order valence-corrected chi connectivity index (χ4v) is 2.49. The average molecular weight is 299 g/mol. The zero-order valence-electron chi connectivity index (χ0n) is 9.60. The second-order valence-electron chi connectivity index (χ2n) is 4.44. The SMILES string of the molecule is OB(O)c1ccc(Br)c(COC2CCCC2)c1. The lowest BCUT2D eigenvalue weighted by Gasteiger charge is -2.13. The summed E-state index contributed by atoms with van der Waals surface area (Å²) in [5, 5.41) is 18.2. The third-order valence-electron chi connectivity index (χ3n) is 3.14. The molecule has 0 saturated heterocycles. The highest BCUT2D eigenvalue weighted by Gasteiger charge is 2.17. The Morgan fingerprint density at radius 3 is 2.65 bits per heavy atom. The summed E-state index contributed by atoms with van der Waals surface area (Å²) >= 11 is 3.45. The summed E-state index contributed by atoms with van der Waals surface area (Å²) in [6.07, 6.45) is 5.15. The maximum Gasteiger partial charge on any atom is 0.488 e. The average Bonchev–Trinajstić information content (AvgIpc) is 2.80. The normalized spacial score (nSPS) is 16.4. The van der Waals surface area contributed by atoms with Crippen molar-refractivity contribution in [1.82, 2.24) is 0 Å². The van der Waals surface area contributed by atoms with Gasteiger partial charge in [-0.25, -0.2) is 0 Å². The standard InChI is InChI=1S/C12H16BBrO3/c14-12-6-5-10(13(15)16)7-9(12)8-17-11-3-1-2-4-11/h5-7,11,15-16H,1-4,8H2. The minimum atomic E-state index is -1.42. The molecule has 0 spiro atoms. The summed E-state index contributed by atoms with van der Waals surface area (Å²) in [5.41, 5.74) is 1.46. The molecule has 0 amide bonds. The van der Waals surface area contributed by atoms with Gasteiger partial charge in [-0.05, 0) is 29.9 Å². The molecule has 17 heavy (non-hydrogen) atoms. The van der Waals surface area contributed by atoms with Crippen molar-refractivity contribution in [1.29, 1.82) is 0 Å². The summed E-state index contributed by atoms with van der Waals surface area (Å²) < 4.78 is 6.76. The van der Waals surface area contributed by atoms with E-state index in [0.29, 0.717) is 18.2 Å². The topological polar surface area (TPSA) is 49.7 Å². The van der Waals surface area contributed by atoms with Crippen LogP contribution in [0.15, 0.2) is 22.7 Å². The molecule has 0 aromatic heterocycles. The smallest absolute Gasteiger partial charge is 0.423 e. The lowest BCUT2D eigenvalue weighted by molar-refractivity contribution is 0.0454. The van der Waals surface area contributed by atoms with E-state index in [1.54, 1.807) is 12.1 Å². The summed E-state index contributed by atoms with van der Waals surface area (Å²) in [4.78, 5) is 0. The van der Waals surface area contributed by atoms with E-state index in [2.05, 4.69) is 15.9 Å². The molecule has 1 fully saturated rings. The number of hydrogen-bond acceptors (Lipinski definition) is 3. The van der Waals surface area contributed by atoms with Gasteiger partial charge in [0.25, 0.3) is 0 Å². The van der Waals surface area contributed by atoms with Crippen LogP contribution in [0.1, 0.15) is 31.2 Å². The van der Waals surface area contributed by atoms with Crippen LogP contribution in [0.2, 0.25) is 0 Å². The van der Waals surface area contributed by atoms with Crippen LogP contribution in [-0.2, 0) is 11.3 Å². The Labute approximate surface area is 110 Å². The first-order chi connectivity index (χ1) is 8.16. The molecule has 1 saturated carbocycles. The number of hydrogen-bond donors (Lipinski definition) is 2. The number of rotatable bonds is 4. The quantitative estimate of drug-likeness (QED) is 0.830. The summed E-state index contributed by atoms with van der Waals surface area (Å²) in [7, 11) is -1.42. The van der Waals surface area contributed by atoms with E-state index in [1.165, 1.54) is 12.8 Å². The molecular weight excluding hydrogens is 283 g/mol. The molecular formula is C12H16BBrO3. The molecule has 0 heterocycles. The van der Waals surface area contributed by atoms with Crippen molar-refractivity contribution < 1.29 is 14.8 Å². The molecule has 0 bridgehead atoms. The third kappa shape index (κ3) is 3.55. The summed E-state index contributed by atoms with van der Waals surface area (Å²) in [6, 6.07) is 5.28. The molecule has 0 atom stereocenters. The first kappa shape index (κ1) is 13.1. The molecule has 0 radical (unpaired) electrons. The maximum absolute atomic E-state index is 9.12. The molecule has 1 aliphatic rings. The molecule has 0 unspecified atom stereocenters. The van der Waals surface area contributed by atoms with Gasteiger partial charge in [0.15, 0.2) is 0 Å². The van der Waals surface area contributed by atoms with Gasteiger partial charge in [0.05, 0.1) is 12.7 Å². The summed E-state index contributed by atoms with van der Waals surface area (Å²) in [5.74, 6) is 0. The van der Waals surface area contributed by atoms with Gasteiger partial charge in [0, 0.05) is 4.47 Å². The van der Waals surface area contributed by atoms with Crippen LogP contribution in [0.25, 0.3) is 0 Å². The third-order valence-corrected chi connectivity index (χ3v) is 3.92. The van der Waals surface area contributed by atoms with Crippen LogP contribution in [0.3, 0.4) is 0 Å². The van der Waals surface area contributed by atoms with Crippen LogP contribution < -0.4 is 5.46 Å². The van der Waals surface area contributed by atoms with E-state index in [0.717, 1.165) is 22.9 Å². The Morgan fingerprint density at radius 1 is 1.29 bits per heavy atom. The molecule has 3 nitrogen and oxygen atoms in total. The molecule has 5 heteroatoms. The lowest BCUT2D eigenvalue weighted by Crippen LogP contribution is -2.30. The van der Waals surface area contributed by atoms with Crippen molar-refractivity contribution in [3.63, 3.8) is 0 Å². The van der Waals surface area contributed by atoms with Gasteiger partial charge in [0.2, 0.25) is 0 Å². The molecule has 2 rings (SSSR count). The van der Waals surface area contributed by atoms with Crippen LogP contribution in [0.5, 0.6) is 0 Å². The molecule has 0 aliphatic heterocycles. The van der Waals surface area contributed by atoms with Gasteiger partial charge in [-0.2, -0.15) is 0 Å². The van der Waals surface area contributed by atoms with Gasteiger partial charge < -0.3 is 14.8 Å². The highest BCUT2D eigenvalue weighted by Crippen LogP contribution is 2.23. The Bertz CT molecular complexity index is 378. The monoisotopic (exact) mass is 298 g/mol. The Balaban J connectivity index is 2.00. The van der Waals surface area contributed by atoms with Gasteiger partial charge >= 0.3 is 7.12 Å². The van der Waals surface area contributed by atoms with E-state index >= 15 is 0 Å². The maximum atomic E-state index is 9.12. The largest absolute Gasteiger partial charge is 0.488 e. The van der Waals surface area contributed by atoms with Crippen molar-refractivity contribution >= 4 is 28.5 Å². The van der Waals surface area contributed by atoms with Crippen LogP contribution in [0.4, 0.5) is 0 Å². The second-order valence-corrected chi connectivity index (χ2v) is 5.30. The molecule has 1 aliphatic carbocycles. The second kappa shape index (κ2) is 6.00. The Hall–Kier alpha value is -0.355. The predicted molar refractivity (Wildman–Crippen MR) is 71.0 cm³/mol. The lowest BCUT2D eigenvalue weighted by atomic mass is 9.80. The van der Waals surface area contributed by atoms with Crippen LogP contribution in [-0.4, -0.2) is 23.3 Å². The summed E-state index contributed by atoms with van der Waals surface area (Å²) in [6.45, 7) is 0.520. The van der Waals surface area contributed by atoms with Crippen molar-refractivity contribution in [2.24, 2.45) is 0 Å². The van der Waals surface area contributed by atoms with Gasteiger partial charge in [-0.15, -0.1) is 0 Å². The van der Waals surface area contributed by atoms with Crippen LogP contribution in [0, 0.1) is 0 Å². The van der Waals surface area contributed by atoms with E-state index in [1.807, 2.05) is 6.07 Å². The highest BCUT2D eigenvalue weighted by atomic mass is 79.9. The minimum absolute atomic E-state index is 0.365. The number of ether oxygens (including phenoxy) is 1. The fourth-order valence-electron chi connectivity index (χ4n) is 2.13. The molecule has 2 N–H and O–H groups in total. The zero-order valence-corrected chi connectivity index (χ0v) is 11.2. The number of benzene rings is 1. The van der Waals surface area contributed by atoms with Crippen molar-refractivity contribution in [2.75, 3.05) is 0 Å². The number of halogens is 1. The fraction of sp³-hybridized carbons (Fsp3) is 0.500. The highest BCUT2D eigenvalue weighted by molar-refractivity contribution is 9.10. The van der Waals surface area contributed by atoms with Crippen molar-refractivity contribution in [3.05, 3.63) is 28.2 Å². The molecule has 92 valence electrons. The van der Waals surface area contributed by atoms with E-state index in [9.17, 15) is 0 Å². The zero-order chi connectivity index (χ0) is 12.3. The van der Waals surface area contributed by atoms with E-state index in [4.69, 9.17) is 14.8 Å². The molecule has 1 aromatic carbocycles. The minimum Gasteiger partial charge on any atom is -0.423 e. The van der Waals surface area contributed by atoms with E-state index in [-0.39, 0.29) is 0 Å². The van der Waals surface area contributed by atoms with Crippen molar-refractivity contribution in [3.8, 4) is 0 Å². The van der Waals surface area contributed by atoms with Crippen molar-refractivity contribution in [2.45, 2.75) is 38.4 Å². The molecule has 1 aromatic rings. The first-order valence-electron chi connectivity index (χ1n) is 5.93. The van der Waals surface area contributed by atoms with Gasteiger partial charge in [0.1, 0.15) is 0 Å². The Morgan fingerprint density at radius 2 is 2.00 bits per heavy atom. The predicted octanol–water partition coefficient (Wildman–Crippen LogP) is 1.59. The Kier molecular flexibility index (Phi) is 4.62. The van der Waals surface area contributed by atoms with Crippen LogP contribution >= 0.6 is 15.9 Å². The van der Waals surface area contributed by atoms with E-state index < -0.39 is 7.12 Å². The van der Waals surface area contributed by atoms with Gasteiger partial charge in [-0.3, -0.25) is 0 Å².